The highest BCUT2D eigenvalue weighted by molar-refractivity contribution is 5.66. The minimum absolute atomic E-state index is 0.227. The van der Waals surface area contributed by atoms with Crippen molar-refractivity contribution < 1.29 is 9.90 Å². The molecule has 2 rings (SSSR count). The highest BCUT2D eigenvalue weighted by Gasteiger charge is 2.32. The van der Waals surface area contributed by atoms with Crippen LogP contribution in [0.2, 0.25) is 0 Å². The molecule has 0 aromatic heterocycles. The molecule has 3 heteroatoms. The molecule has 0 amide bonds. The van der Waals surface area contributed by atoms with Gasteiger partial charge in [0.05, 0.1) is 6.42 Å². The summed E-state index contributed by atoms with van der Waals surface area (Å²) in [4.78, 5) is 13.1. The maximum Gasteiger partial charge on any atom is 0.304 e. The van der Waals surface area contributed by atoms with E-state index in [0.29, 0.717) is 24.5 Å². The molecule has 1 aliphatic rings. The average molecular weight is 275 g/mol. The van der Waals surface area contributed by atoms with Gasteiger partial charge in [-0.15, -0.1) is 0 Å². The fraction of sp³-hybridized carbons (Fsp3) is 0.588. The Morgan fingerprint density at radius 2 is 1.75 bits per heavy atom. The smallest absolute Gasteiger partial charge is 0.304 e. The summed E-state index contributed by atoms with van der Waals surface area (Å²) in [6, 6.07) is 9.64. The number of carboxylic acids is 1. The predicted molar refractivity (Wildman–Crippen MR) is 80.9 cm³/mol. The van der Waals surface area contributed by atoms with E-state index < -0.39 is 5.97 Å². The van der Waals surface area contributed by atoms with E-state index in [1.165, 1.54) is 24.0 Å². The molecule has 3 nitrogen and oxygen atoms in total. The number of carbonyl (C=O) groups is 1. The van der Waals surface area contributed by atoms with Crippen LogP contribution in [0.3, 0.4) is 0 Å². The monoisotopic (exact) mass is 275 g/mol. The zero-order valence-corrected chi connectivity index (χ0v) is 12.7. The lowest BCUT2D eigenvalue weighted by atomic mass is 9.99. The molecule has 0 spiro atoms. The second-order valence-corrected chi connectivity index (χ2v) is 6.11. The van der Waals surface area contributed by atoms with Gasteiger partial charge in [0.25, 0.3) is 0 Å². The molecule has 0 radical (unpaired) electrons. The molecule has 1 unspecified atom stereocenters. The van der Waals surface area contributed by atoms with Crippen LogP contribution in [0, 0.1) is 0 Å². The second kappa shape index (κ2) is 6.40. The van der Waals surface area contributed by atoms with Gasteiger partial charge in [-0.2, -0.15) is 0 Å². The first-order chi connectivity index (χ1) is 9.49. The lowest BCUT2D eigenvalue weighted by Crippen LogP contribution is -2.31. The Morgan fingerprint density at radius 3 is 2.20 bits per heavy atom. The largest absolute Gasteiger partial charge is 0.481 e. The van der Waals surface area contributed by atoms with Crippen molar-refractivity contribution >= 4 is 5.97 Å². The first kappa shape index (κ1) is 15.0. The number of nitrogens with zero attached hydrogens (tertiary/aromatic N) is 1. The molecule has 0 saturated heterocycles. The quantitative estimate of drug-likeness (QED) is 0.822. The normalized spacial score (nSPS) is 16.6. The van der Waals surface area contributed by atoms with Gasteiger partial charge >= 0.3 is 5.97 Å². The van der Waals surface area contributed by atoms with Crippen LogP contribution in [0.1, 0.15) is 63.1 Å². The molecule has 0 aliphatic heterocycles. The minimum Gasteiger partial charge on any atom is -0.481 e. The molecule has 110 valence electrons. The lowest BCUT2D eigenvalue weighted by Gasteiger charge is -2.29. The minimum atomic E-state index is -0.710. The van der Waals surface area contributed by atoms with Crippen molar-refractivity contribution in [1.82, 2.24) is 4.90 Å². The fourth-order valence-electron chi connectivity index (χ4n) is 2.67. The second-order valence-electron chi connectivity index (χ2n) is 6.11. The highest BCUT2D eigenvalue weighted by atomic mass is 16.4. The van der Waals surface area contributed by atoms with Gasteiger partial charge in [-0.3, -0.25) is 9.69 Å². The summed E-state index contributed by atoms with van der Waals surface area (Å²) < 4.78 is 0. The van der Waals surface area contributed by atoms with Gasteiger partial charge in [0.2, 0.25) is 0 Å². The molecule has 1 atom stereocenters. The van der Waals surface area contributed by atoms with Crippen LogP contribution in [0.5, 0.6) is 0 Å². The van der Waals surface area contributed by atoms with Gasteiger partial charge in [-0.05, 0) is 36.8 Å². The van der Waals surface area contributed by atoms with Gasteiger partial charge in [-0.1, -0.05) is 38.1 Å². The van der Waals surface area contributed by atoms with Crippen LogP contribution in [-0.2, 0) is 4.79 Å². The van der Waals surface area contributed by atoms with E-state index in [9.17, 15) is 4.79 Å². The first-order valence-corrected chi connectivity index (χ1v) is 7.56. The summed E-state index contributed by atoms with van der Waals surface area (Å²) in [6.07, 6.45) is 2.63. The van der Waals surface area contributed by atoms with Crippen molar-refractivity contribution in [2.75, 3.05) is 6.54 Å². The third-order valence-corrected chi connectivity index (χ3v) is 4.18. The van der Waals surface area contributed by atoms with Crippen LogP contribution < -0.4 is 0 Å². The molecule has 0 heterocycles. The summed E-state index contributed by atoms with van der Waals surface area (Å²) in [5.41, 5.74) is 2.64. The molecule has 1 saturated carbocycles. The van der Waals surface area contributed by atoms with Gasteiger partial charge in [0.15, 0.2) is 0 Å². The van der Waals surface area contributed by atoms with Gasteiger partial charge in [-0.25, -0.2) is 0 Å². The molecular formula is C17H25NO2. The van der Waals surface area contributed by atoms with Gasteiger partial charge in [0.1, 0.15) is 0 Å². The summed E-state index contributed by atoms with van der Waals surface area (Å²) in [5, 5.41) is 8.89. The number of aliphatic carboxylic acids is 1. The number of hydrogen-bond acceptors (Lipinski definition) is 2. The number of benzene rings is 1. The molecule has 1 N–H and O–H groups in total. The third kappa shape index (κ3) is 3.83. The molecule has 1 fully saturated rings. The molecule has 20 heavy (non-hydrogen) atoms. The summed E-state index contributed by atoms with van der Waals surface area (Å²) >= 11 is 0. The van der Waals surface area contributed by atoms with Crippen LogP contribution in [0.15, 0.2) is 24.3 Å². The predicted octanol–water partition coefficient (Wildman–Crippen LogP) is 3.81. The maximum atomic E-state index is 10.8. The van der Waals surface area contributed by atoms with E-state index in [2.05, 4.69) is 49.9 Å². The zero-order chi connectivity index (χ0) is 14.7. The van der Waals surface area contributed by atoms with Crippen molar-refractivity contribution in [2.45, 2.75) is 58.0 Å². The molecule has 1 aromatic rings. The van der Waals surface area contributed by atoms with E-state index in [0.717, 1.165) is 0 Å². The SMILES string of the molecule is CC(C)c1ccc(C(C)N(CCC(=O)O)C2CC2)cc1. The standard InChI is InChI=1S/C17H25NO2/c1-12(2)14-4-6-15(7-5-14)13(3)18(16-8-9-16)11-10-17(19)20/h4-7,12-13,16H,8-11H2,1-3H3,(H,19,20). The van der Waals surface area contributed by atoms with Crippen LogP contribution in [-0.4, -0.2) is 28.6 Å². The van der Waals surface area contributed by atoms with E-state index in [4.69, 9.17) is 5.11 Å². The highest BCUT2D eigenvalue weighted by Crippen LogP contribution is 2.34. The molecular weight excluding hydrogens is 250 g/mol. The lowest BCUT2D eigenvalue weighted by molar-refractivity contribution is -0.137. The Morgan fingerprint density at radius 1 is 1.20 bits per heavy atom. The van der Waals surface area contributed by atoms with Crippen molar-refractivity contribution in [1.29, 1.82) is 0 Å². The number of carboxylic acid groups (broad SMARTS) is 1. The molecule has 1 aromatic carbocycles. The Hall–Kier alpha value is -1.35. The molecule has 0 bridgehead atoms. The Balaban J connectivity index is 2.06. The van der Waals surface area contributed by atoms with E-state index in [-0.39, 0.29) is 6.42 Å². The number of rotatable bonds is 7. The Bertz CT molecular complexity index is 449. The fourth-order valence-corrected chi connectivity index (χ4v) is 2.67. The maximum absolute atomic E-state index is 10.8. The summed E-state index contributed by atoms with van der Waals surface area (Å²) in [5.74, 6) is -0.163. The Labute approximate surface area is 121 Å². The number of hydrogen-bond donors (Lipinski definition) is 1. The average Bonchev–Trinajstić information content (AvgIpc) is 3.23. The zero-order valence-electron chi connectivity index (χ0n) is 12.7. The van der Waals surface area contributed by atoms with Crippen LogP contribution >= 0.6 is 0 Å². The van der Waals surface area contributed by atoms with Crippen molar-refractivity contribution in [3.8, 4) is 0 Å². The van der Waals surface area contributed by atoms with Gasteiger partial charge < -0.3 is 5.11 Å². The van der Waals surface area contributed by atoms with Crippen molar-refractivity contribution in [3.05, 3.63) is 35.4 Å². The first-order valence-electron chi connectivity index (χ1n) is 7.56. The van der Waals surface area contributed by atoms with Crippen molar-refractivity contribution in [3.63, 3.8) is 0 Å². The third-order valence-electron chi connectivity index (χ3n) is 4.18. The Kier molecular flexibility index (Phi) is 4.81. The summed E-state index contributed by atoms with van der Waals surface area (Å²) in [7, 11) is 0. The van der Waals surface area contributed by atoms with Gasteiger partial charge in [0, 0.05) is 18.6 Å². The van der Waals surface area contributed by atoms with E-state index in [1.807, 2.05) is 0 Å². The van der Waals surface area contributed by atoms with E-state index in [1.54, 1.807) is 0 Å². The van der Waals surface area contributed by atoms with E-state index >= 15 is 0 Å². The van der Waals surface area contributed by atoms with Crippen LogP contribution in [0.4, 0.5) is 0 Å². The summed E-state index contributed by atoms with van der Waals surface area (Å²) in [6.45, 7) is 7.22. The topological polar surface area (TPSA) is 40.5 Å². The molecule has 1 aliphatic carbocycles. The van der Waals surface area contributed by atoms with Crippen LogP contribution in [0.25, 0.3) is 0 Å². The van der Waals surface area contributed by atoms with Crippen molar-refractivity contribution in [2.24, 2.45) is 0 Å².